The van der Waals surface area contributed by atoms with Crippen LogP contribution in [0.1, 0.15) is 12.0 Å². The van der Waals surface area contributed by atoms with E-state index in [4.69, 9.17) is 4.74 Å². The molecule has 4 atom stereocenters. The molecular weight excluding hydrogens is 451 g/mol. The van der Waals surface area contributed by atoms with Gasteiger partial charge in [0.25, 0.3) is 17.7 Å². The number of ether oxygens (including phenoxy) is 1. The lowest BCUT2D eigenvalue weighted by Crippen LogP contribution is -2.28. The van der Waals surface area contributed by atoms with Crippen molar-refractivity contribution in [3.63, 3.8) is 0 Å². The molecule has 180 valence electrons. The minimum atomic E-state index is -0.421. The standard InChI is InChI=1S/C26H25FN4O4/c1-30(2)20-10-5-17(21(12-20)35-14-22(32)29-19-8-6-18(27)7-9-19)13-28-31-25(33)23-15-3-4-16(11-15)24(23)26(31)34/h3-10,12-13,15-16,23-24H,11,14H2,1-2H3,(H,29,32). The van der Waals surface area contributed by atoms with Crippen molar-refractivity contribution in [2.75, 3.05) is 30.9 Å². The number of hydrogen-bond acceptors (Lipinski definition) is 6. The summed E-state index contributed by atoms with van der Waals surface area (Å²) in [4.78, 5) is 40.0. The molecule has 1 N–H and O–H groups in total. The van der Waals surface area contributed by atoms with Gasteiger partial charge in [-0.25, -0.2) is 4.39 Å². The van der Waals surface area contributed by atoms with E-state index in [-0.39, 0.29) is 42.1 Å². The summed E-state index contributed by atoms with van der Waals surface area (Å²) < 4.78 is 18.9. The Kier molecular flexibility index (Phi) is 5.84. The van der Waals surface area contributed by atoms with E-state index in [1.165, 1.54) is 30.5 Å². The van der Waals surface area contributed by atoms with Crippen LogP contribution in [0.25, 0.3) is 0 Å². The Morgan fingerprint density at radius 2 is 1.77 bits per heavy atom. The van der Waals surface area contributed by atoms with Crippen LogP contribution in [0.2, 0.25) is 0 Å². The van der Waals surface area contributed by atoms with E-state index in [0.717, 1.165) is 17.1 Å². The molecule has 2 bridgehead atoms. The van der Waals surface area contributed by atoms with Crippen LogP contribution in [0.5, 0.6) is 5.75 Å². The lowest BCUT2D eigenvalue weighted by molar-refractivity contribution is -0.140. The van der Waals surface area contributed by atoms with E-state index in [0.29, 0.717) is 17.0 Å². The number of benzene rings is 2. The summed E-state index contributed by atoms with van der Waals surface area (Å²) in [5.41, 5.74) is 1.80. The molecule has 1 saturated carbocycles. The maximum Gasteiger partial charge on any atom is 0.262 e. The third kappa shape index (κ3) is 4.29. The summed E-state index contributed by atoms with van der Waals surface area (Å²) in [5.74, 6) is -1.40. The number of carbonyl (C=O) groups excluding carboxylic acids is 3. The number of hydrogen-bond donors (Lipinski definition) is 1. The molecular formula is C26H25FN4O4. The van der Waals surface area contributed by atoms with Crippen molar-refractivity contribution in [3.05, 3.63) is 66.0 Å². The van der Waals surface area contributed by atoms with Gasteiger partial charge in [0.05, 0.1) is 18.1 Å². The highest BCUT2D eigenvalue weighted by molar-refractivity contribution is 6.07. The Balaban J connectivity index is 1.31. The summed E-state index contributed by atoms with van der Waals surface area (Å²) in [6.07, 6.45) is 6.34. The average Bonchev–Trinajstić information content (AvgIpc) is 3.52. The van der Waals surface area contributed by atoms with Crippen molar-refractivity contribution in [2.45, 2.75) is 6.42 Å². The summed E-state index contributed by atoms with van der Waals surface area (Å²) in [5, 5.41) is 7.85. The first-order valence-electron chi connectivity index (χ1n) is 11.4. The van der Waals surface area contributed by atoms with Gasteiger partial charge in [0.2, 0.25) is 0 Å². The maximum atomic E-state index is 13.1. The zero-order valence-corrected chi connectivity index (χ0v) is 19.3. The van der Waals surface area contributed by atoms with Gasteiger partial charge in [-0.3, -0.25) is 14.4 Å². The van der Waals surface area contributed by atoms with Crippen molar-refractivity contribution in [1.82, 2.24) is 5.01 Å². The average molecular weight is 477 g/mol. The smallest absolute Gasteiger partial charge is 0.262 e. The molecule has 1 saturated heterocycles. The van der Waals surface area contributed by atoms with Crippen LogP contribution in [0.15, 0.2) is 59.7 Å². The predicted molar refractivity (Wildman–Crippen MR) is 128 cm³/mol. The van der Waals surface area contributed by atoms with Crippen molar-refractivity contribution >= 4 is 35.3 Å². The number of amides is 3. The molecule has 9 heteroatoms. The van der Waals surface area contributed by atoms with Gasteiger partial charge in [0, 0.05) is 37.1 Å². The van der Waals surface area contributed by atoms with E-state index in [1.807, 2.05) is 37.2 Å². The van der Waals surface area contributed by atoms with Crippen LogP contribution in [-0.2, 0) is 14.4 Å². The van der Waals surface area contributed by atoms with E-state index >= 15 is 0 Å². The minimum Gasteiger partial charge on any atom is -0.483 e. The number of anilines is 2. The van der Waals surface area contributed by atoms with Gasteiger partial charge in [-0.2, -0.15) is 10.1 Å². The van der Waals surface area contributed by atoms with Crippen LogP contribution in [-0.4, -0.2) is 49.6 Å². The molecule has 0 radical (unpaired) electrons. The van der Waals surface area contributed by atoms with E-state index < -0.39 is 11.7 Å². The highest BCUT2D eigenvalue weighted by Gasteiger charge is 2.59. The number of carbonyl (C=O) groups is 3. The molecule has 2 aliphatic carbocycles. The molecule has 35 heavy (non-hydrogen) atoms. The van der Waals surface area contributed by atoms with Crippen LogP contribution < -0.4 is 15.0 Å². The molecule has 5 rings (SSSR count). The normalized spacial score (nSPS) is 24.4. The Bertz CT molecular complexity index is 1210. The third-order valence-corrected chi connectivity index (χ3v) is 6.76. The Morgan fingerprint density at radius 1 is 1.11 bits per heavy atom. The first kappa shape index (κ1) is 22.8. The van der Waals surface area contributed by atoms with Crippen LogP contribution >= 0.6 is 0 Å². The molecule has 0 aromatic heterocycles. The second kappa shape index (κ2) is 8.98. The van der Waals surface area contributed by atoms with Crippen LogP contribution in [0.3, 0.4) is 0 Å². The summed E-state index contributed by atoms with van der Waals surface area (Å²) >= 11 is 0. The van der Waals surface area contributed by atoms with Gasteiger partial charge in [-0.05, 0) is 54.7 Å². The van der Waals surface area contributed by atoms with E-state index in [1.54, 1.807) is 12.1 Å². The number of halogens is 1. The second-order valence-corrected chi connectivity index (χ2v) is 9.19. The lowest BCUT2D eigenvalue weighted by Gasteiger charge is -2.16. The molecule has 1 aliphatic heterocycles. The van der Waals surface area contributed by atoms with Gasteiger partial charge in [0.15, 0.2) is 6.61 Å². The van der Waals surface area contributed by atoms with Crippen molar-refractivity contribution in [2.24, 2.45) is 28.8 Å². The SMILES string of the molecule is CN(C)c1ccc(C=NN2C(=O)C3C4C=CC(C4)C3C2=O)c(OCC(=O)Nc2ccc(F)cc2)c1. The minimum absolute atomic E-state index is 0.111. The highest BCUT2D eigenvalue weighted by atomic mass is 19.1. The Morgan fingerprint density at radius 3 is 2.40 bits per heavy atom. The quantitative estimate of drug-likeness (QED) is 0.377. The second-order valence-electron chi connectivity index (χ2n) is 9.19. The van der Waals surface area contributed by atoms with Gasteiger partial charge in [0.1, 0.15) is 11.6 Å². The fourth-order valence-corrected chi connectivity index (χ4v) is 5.03. The molecule has 3 amide bonds. The first-order chi connectivity index (χ1) is 16.8. The van der Waals surface area contributed by atoms with Crippen molar-refractivity contribution in [1.29, 1.82) is 0 Å². The van der Waals surface area contributed by atoms with Crippen LogP contribution in [0.4, 0.5) is 15.8 Å². The fraction of sp³-hybridized carbons (Fsp3) is 0.308. The summed E-state index contributed by atoms with van der Waals surface area (Å²) in [6, 6.07) is 10.8. The topological polar surface area (TPSA) is 91.3 Å². The molecule has 2 aromatic rings. The molecule has 8 nitrogen and oxygen atoms in total. The van der Waals surface area contributed by atoms with Crippen molar-refractivity contribution in [3.8, 4) is 5.75 Å². The van der Waals surface area contributed by atoms with E-state index in [2.05, 4.69) is 10.4 Å². The zero-order valence-electron chi connectivity index (χ0n) is 19.3. The number of fused-ring (bicyclic) bond motifs is 5. The summed E-state index contributed by atoms with van der Waals surface area (Å²) in [7, 11) is 3.74. The highest BCUT2D eigenvalue weighted by Crippen LogP contribution is 2.52. The molecule has 3 aliphatic rings. The Hall–Kier alpha value is -4.01. The lowest BCUT2D eigenvalue weighted by atomic mass is 9.85. The number of hydrazone groups is 1. The largest absolute Gasteiger partial charge is 0.483 e. The van der Waals surface area contributed by atoms with Gasteiger partial charge in [-0.15, -0.1) is 0 Å². The van der Waals surface area contributed by atoms with Gasteiger partial charge < -0.3 is 15.0 Å². The van der Waals surface area contributed by atoms with Gasteiger partial charge >= 0.3 is 0 Å². The predicted octanol–water partition coefficient (Wildman–Crippen LogP) is 3.05. The third-order valence-electron chi connectivity index (χ3n) is 6.76. The van der Waals surface area contributed by atoms with Gasteiger partial charge in [-0.1, -0.05) is 12.2 Å². The van der Waals surface area contributed by atoms with Crippen molar-refractivity contribution < 1.29 is 23.5 Å². The monoisotopic (exact) mass is 476 g/mol. The van der Waals surface area contributed by atoms with E-state index in [9.17, 15) is 18.8 Å². The Labute approximate surface area is 202 Å². The molecule has 2 fully saturated rings. The molecule has 0 spiro atoms. The number of imide groups is 1. The molecule has 1 heterocycles. The maximum absolute atomic E-state index is 13.1. The molecule has 4 unspecified atom stereocenters. The van der Waals surface area contributed by atoms with Crippen LogP contribution in [0, 0.1) is 29.5 Å². The zero-order chi connectivity index (χ0) is 24.7. The number of nitrogens with one attached hydrogen (secondary N) is 1. The first-order valence-corrected chi connectivity index (χ1v) is 11.4. The summed E-state index contributed by atoms with van der Waals surface area (Å²) in [6.45, 7) is -0.296. The number of rotatable bonds is 7. The molecule has 2 aromatic carbocycles. The number of allylic oxidation sites excluding steroid dienone is 2. The fourth-order valence-electron chi connectivity index (χ4n) is 5.03. The number of nitrogens with zero attached hydrogens (tertiary/aromatic N) is 3.